The molecular weight excluding hydrogens is 390 g/mol. The Hall–Kier alpha value is -2.07. The molecule has 30 heavy (non-hydrogen) atoms. The summed E-state index contributed by atoms with van der Waals surface area (Å²) in [6.07, 6.45) is -0.229. The van der Waals surface area contributed by atoms with Gasteiger partial charge in [-0.05, 0) is 54.7 Å². The van der Waals surface area contributed by atoms with Gasteiger partial charge in [-0.25, -0.2) is 0 Å². The van der Waals surface area contributed by atoms with Crippen molar-refractivity contribution >= 4 is 0 Å². The van der Waals surface area contributed by atoms with Crippen molar-refractivity contribution in [3.05, 3.63) is 59.9 Å². The van der Waals surface area contributed by atoms with Gasteiger partial charge in [-0.15, -0.1) is 0 Å². The van der Waals surface area contributed by atoms with Gasteiger partial charge in [-0.1, -0.05) is 12.1 Å². The molecule has 8 heteroatoms. The lowest BCUT2D eigenvalue weighted by molar-refractivity contribution is -0.301. The fourth-order valence-electron chi connectivity index (χ4n) is 3.23. The highest BCUT2D eigenvalue weighted by Crippen LogP contribution is 2.22. The number of aromatic nitrogens is 1. The van der Waals surface area contributed by atoms with E-state index >= 15 is 0 Å². The molecule has 2 heterocycles. The van der Waals surface area contributed by atoms with Crippen LogP contribution in [0.15, 0.2) is 48.8 Å². The van der Waals surface area contributed by atoms with Gasteiger partial charge in [0.15, 0.2) is 6.29 Å². The van der Waals surface area contributed by atoms with Crippen LogP contribution in [0.25, 0.3) is 0 Å². The van der Waals surface area contributed by atoms with Crippen LogP contribution in [0, 0.1) is 0 Å². The number of nitrogens with zero attached hydrogens (tertiary/aromatic N) is 1. The first-order chi connectivity index (χ1) is 14.6. The summed E-state index contributed by atoms with van der Waals surface area (Å²) >= 11 is 0. The summed E-state index contributed by atoms with van der Waals surface area (Å²) in [7, 11) is 0. The van der Waals surface area contributed by atoms with Crippen LogP contribution >= 0.6 is 0 Å². The lowest BCUT2D eigenvalue weighted by atomic mass is 9.99. The lowest BCUT2D eigenvalue weighted by Gasteiger charge is -2.39. The molecule has 1 aliphatic heterocycles. The van der Waals surface area contributed by atoms with Gasteiger partial charge in [0.05, 0.1) is 6.61 Å². The summed E-state index contributed by atoms with van der Waals surface area (Å²) in [4.78, 5) is 3.98. The average Bonchev–Trinajstić information content (AvgIpc) is 2.79. The van der Waals surface area contributed by atoms with Crippen LogP contribution in [-0.4, -0.2) is 69.3 Å². The van der Waals surface area contributed by atoms with E-state index in [1.54, 1.807) is 12.4 Å². The third-order valence-electron chi connectivity index (χ3n) is 5.07. The van der Waals surface area contributed by atoms with E-state index in [1.807, 2.05) is 36.4 Å². The molecule has 5 unspecified atom stereocenters. The van der Waals surface area contributed by atoms with E-state index in [1.165, 1.54) is 5.56 Å². The number of ether oxygens (including phenoxy) is 3. The second-order valence-corrected chi connectivity index (χ2v) is 7.31. The maximum Gasteiger partial charge on any atom is 0.186 e. The first-order valence-electron chi connectivity index (χ1n) is 10.1. The quantitative estimate of drug-likeness (QED) is 0.417. The number of aliphatic hydroxyl groups excluding tert-OH is 4. The zero-order valence-corrected chi connectivity index (χ0v) is 16.7. The van der Waals surface area contributed by atoms with Gasteiger partial charge in [-0.2, -0.15) is 0 Å². The molecule has 0 bridgehead atoms. The highest BCUT2D eigenvalue weighted by molar-refractivity contribution is 5.27. The summed E-state index contributed by atoms with van der Waals surface area (Å²) in [6.45, 7) is 0.361. The Morgan fingerprint density at radius 1 is 0.867 bits per heavy atom. The van der Waals surface area contributed by atoms with Crippen LogP contribution in [0.3, 0.4) is 0 Å². The van der Waals surface area contributed by atoms with Crippen LogP contribution < -0.4 is 4.74 Å². The molecule has 1 aromatic heterocycles. The number of pyridine rings is 1. The molecule has 3 rings (SSSR count). The van der Waals surface area contributed by atoms with Crippen LogP contribution in [0.4, 0.5) is 0 Å². The fourth-order valence-corrected chi connectivity index (χ4v) is 3.23. The number of benzene rings is 1. The SMILES string of the molecule is OCC1OC(OCCCCc2ccc(OCc3ccncc3)cc2)C(O)C(O)C1O. The van der Waals surface area contributed by atoms with Gasteiger partial charge in [-0.3, -0.25) is 4.98 Å². The van der Waals surface area contributed by atoms with E-state index in [0.717, 1.165) is 30.6 Å². The molecule has 0 amide bonds. The van der Waals surface area contributed by atoms with Gasteiger partial charge < -0.3 is 34.6 Å². The van der Waals surface area contributed by atoms with Gasteiger partial charge in [0.25, 0.3) is 0 Å². The van der Waals surface area contributed by atoms with Gasteiger partial charge in [0.1, 0.15) is 36.8 Å². The maximum absolute atomic E-state index is 9.94. The molecule has 5 atom stereocenters. The fraction of sp³-hybridized carbons (Fsp3) is 0.500. The molecule has 1 aliphatic rings. The number of hydrogen-bond donors (Lipinski definition) is 4. The van der Waals surface area contributed by atoms with Gasteiger partial charge in [0.2, 0.25) is 0 Å². The molecule has 0 saturated carbocycles. The van der Waals surface area contributed by atoms with E-state index in [0.29, 0.717) is 13.2 Å². The molecule has 164 valence electrons. The monoisotopic (exact) mass is 419 g/mol. The van der Waals surface area contributed by atoms with Crippen molar-refractivity contribution in [3.63, 3.8) is 0 Å². The molecule has 0 radical (unpaired) electrons. The van der Waals surface area contributed by atoms with Crippen molar-refractivity contribution in [1.82, 2.24) is 4.98 Å². The minimum Gasteiger partial charge on any atom is -0.489 e. The highest BCUT2D eigenvalue weighted by atomic mass is 16.7. The summed E-state index contributed by atoms with van der Waals surface area (Å²) in [5.41, 5.74) is 2.24. The van der Waals surface area contributed by atoms with E-state index < -0.39 is 37.3 Å². The second kappa shape index (κ2) is 11.4. The van der Waals surface area contributed by atoms with Crippen LogP contribution in [0.5, 0.6) is 5.75 Å². The first-order valence-corrected chi connectivity index (χ1v) is 10.1. The molecule has 1 saturated heterocycles. The van der Waals surface area contributed by atoms with E-state index in [4.69, 9.17) is 14.2 Å². The van der Waals surface area contributed by atoms with Crippen molar-refractivity contribution in [1.29, 1.82) is 0 Å². The van der Waals surface area contributed by atoms with Crippen molar-refractivity contribution in [2.75, 3.05) is 13.2 Å². The summed E-state index contributed by atoms with van der Waals surface area (Å²) in [5.74, 6) is 0.807. The Labute approximate surface area is 175 Å². The summed E-state index contributed by atoms with van der Waals surface area (Å²) in [5, 5.41) is 38.6. The molecule has 8 nitrogen and oxygen atoms in total. The molecule has 1 fully saturated rings. The number of unbranched alkanes of at least 4 members (excludes halogenated alkanes) is 1. The molecule has 2 aromatic rings. The van der Waals surface area contributed by atoms with Crippen LogP contribution in [0.1, 0.15) is 24.0 Å². The van der Waals surface area contributed by atoms with Crippen molar-refractivity contribution in [2.45, 2.75) is 56.6 Å². The zero-order valence-electron chi connectivity index (χ0n) is 16.7. The lowest BCUT2D eigenvalue weighted by Crippen LogP contribution is -2.59. The minimum atomic E-state index is -1.42. The van der Waals surface area contributed by atoms with Gasteiger partial charge >= 0.3 is 0 Å². The average molecular weight is 419 g/mol. The topological polar surface area (TPSA) is 122 Å². The van der Waals surface area contributed by atoms with E-state index in [-0.39, 0.29) is 0 Å². The van der Waals surface area contributed by atoms with Crippen molar-refractivity contribution in [2.24, 2.45) is 0 Å². The Balaban J connectivity index is 1.34. The Morgan fingerprint density at radius 3 is 2.30 bits per heavy atom. The second-order valence-electron chi connectivity index (χ2n) is 7.31. The Kier molecular flexibility index (Phi) is 8.56. The molecule has 0 spiro atoms. The largest absolute Gasteiger partial charge is 0.489 e. The maximum atomic E-state index is 9.94. The Bertz CT molecular complexity index is 741. The standard InChI is InChI=1S/C22H29NO7/c24-13-18-19(25)20(26)21(27)22(30-18)28-12-2-1-3-15-4-6-17(7-5-15)29-14-16-8-10-23-11-9-16/h4-11,18-22,24-27H,1-3,12-14H2. The zero-order chi connectivity index (χ0) is 21.3. The van der Waals surface area contributed by atoms with Crippen molar-refractivity contribution in [3.8, 4) is 5.75 Å². The van der Waals surface area contributed by atoms with Crippen LogP contribution in [0.2, 0.25) is 0 Å². The number of hydrogen-bond acceptors (Lipinski definition) is 8. The molecule has 4 N–H and O–H groups in total. The number of aliphatic hydroxyl groups is 4. The van der Waals surface area contributed by atoms with E-state index in [9.17, 15) is 20.4 Å². The number of aryl methyl sites for hydroxylation is 1. The molecule has 0 aliphatic carbocycles. The highest BCUT2D eigenvalue weighted by Gasteiger charge is 2.43. The Morgan fingerprint density at radius 2 is 1.60 bits per heavy atom. The van der Waals surface area contributed by atoms with Crippen LogP contribution in [-0.2, 0) is 22.5 Å². The first kappa shape index (κ1) is 22.6. The van der Waals surface area contributed by atoms with E-state index in [2.05, 4.69) is 4.98 Å². The predicted octanol–water partition coefficient (Wildman–Crippen LogP) is 0.800. The van der Waals surface area contributed by atoms with Crippen molar-refractivity contribution < 1.29 is 34.6 Å². The summed E-state index contributed by atoms with van der Waals surface area (Å²) in [6, 6.07) is 11.8. The van der Waals surface area contributed by atoms with Gasteiger partial charge in [0, 0.05) is 19.0 Å². The molecule has 1 aromatic carbocycles. The third kappa shape index (κ3) is 6.21. The predicted molar refractivity (Wildman–Crippen MR) is 108 cm³/mol. The smallest absolute Gasteiger partial charge is 0.186 e. The third-order valence-corrected chi connectivity index (χ3v) is 5.07. The molecular formula is C22H29NO7. The normalized spacial score (nSPS) is 26.5. The minimum absolute atomic E-state index is 0.329. The summed E-state index contributed by atoms with van der Waals surface area (Å²) < 4.78 is 16.6. The number of rotatable bonds is 10.